The second kappa shape index (κ2) is 11.4. The van der Waals surface area contributed by atoms with Crippen molar-refractivity contribution in [1.29, 1.82) is 0 Å². The smallest absolute Gasteiger partial charge is 0.251 e. The van der Waals surface area contributed by atoms with Crippen molar-refractivity contribution in [1.82, 2.24) is 10.2 Å². The summed E-state index contributed by atoms with van der Waals surface area (Å²) in [5.41, 5.74) is 0. The number of nitrogens with one attached hydrogen (secondary N) is 1. The molecule has 0 aromatic carbocycles. The summed E-state index contributed by atoms with van der Waals surface area (Å²) >= 11 is 0. The summed E-state index contributed by atoms with van der Waals surface area (Å²) in [7, 11) is 0. The number of piperidine rings is 1. The highest BCUT2D eigenvalue weighted by molar-refractivity contribution is 5.85. The maximum atomic E-state index is 12.5. The second-order valence-electron chi connectivity index (χ2n) is 5.38. The van der Waals surface area contributed by atoms with Crippen LogP contribution in [0.1, 0.15) is 52.9 Å². The van der Waals surface area contributed by atoms with Crippen LogP contribution in [0.2, 0.25) is 0 Å². The van der Waals surface area contributed by atoms with Crippen LogP contribution in [0.5, 0.6) is 0 Å². The van der Waals surface area contributed by atoms with Gasteiger partial charge in [-0.3, -0.25) is 4.79 Å². The molecule has 1 N–H and O–H groups in total. The Hall–Kier alpha value is -0.320. The lowest BCUT2D eigenvalue weighted by Gasteiger charge is -2.36. The van der Waals surface area contributed by atoms with Crippen LogP contribution in [-0.2, 0) is 9.53 Å². The van der Waals surface area contributed by atoms with E-state index in [4.69, 9.17) is 4.74 Å². The molecule has 1 aliphatic rings. The Labute approximate surface area is 130 Å². The number of hydrogen-bond acceptors (Lipinski definition) is 3. The van der Waals surface area contributed by atoms with Crippen LogP contribution < -0.4 is 5.32 Å². The average Bonchev–Trinajstić information content (AvgIpc) is 2.45. The number of hydrogen-bond donors (Lipinski definition) is 1. The number of nitrogens with zero attached hydrogens (tertiary/aromatic N) is 1. The van der Waals surface area contributed by atoms with E-state index in [0.717, 1.165) is 51.7 Å². The molecule has 20 heavy (non-hydrogen) atoms. The van der Waals surface area contributed by atoms with Gasteiger partial charge in [-0.1, -0.05) is 20.3 Å². The molecule has 0 radical (unpaired) electrons. The highest BCUT2D eigenvalue weighted by Crippen LogP contribution is 2.15. The summed E-state index contributed by atoms with van der Waals surface area (Å²) in [4.78, 5) is 14.6. The van der Waals surface area contributed by atoms with E-state index < -0.39 is 0 Å². The molecular formula is C15H31ClN2O2. The number of rotatable bonds is 8. The molecule has 5 heteroatoms. The highest BCUT2D eigenvalue weighted by atomic mass is 35.5. The Bertz CT molecular complexity index is 258. The van der Waals surface area contributed by atoms with Gasteiger partial charge in [-0.15, -0.1) is 12.4 Å². The fraction of sp³-hybridized carbons (Fsp3) is 0.933. The number of carbonyl (C=O) groups is 1. The predicted octanol–water partition coefficient (Wildman–Crippen LogP) is 2.60. The van der Waals surface area contributed by atoms with Gasteiger partial charge in [0.25, 0.3) is 5.91 Å². The molecule has 0 aromatic heterocycles. The lowest BCUT2D eigenvalue weighted by atomic mass is 10.0. The zero-order valence-electron chi connectivity index (χ0n) is 13.2. The number of unbranched alkanes of at least 4 members (excludes halogenated alkanes) is 1. The summed E-state index contributed by atoms with van der Waals surface area (Å²) in [6, 6.07) is 0.394. The van der Waals surface area contributed by atoms with Crippen LogP contribution in [0.15, 0.2) is 0 Å². The third kappa shape index (κ3) is 6.42. The highest BCUT2D eigenvalue weighted by Gasteiger charge is 2.28. The molecular weight excluding hydrogens is 276 g/mol. The summed E-state index contributed by atoms with van der Waals surface area (Å²) < 4.78 is 5.66. The first-order valence-electron chi connectivity index (χ1n) is 7.83. The predicted molar refractivity (Wildman–Crippen MR) is 85.5 cm³/mol. The molecule has 1 saturated heterocycles. The molecule has 1 amide bonds. The zero-order valence-corrected chi connectivity index (χ0v) is 14.0. The van der Waals surface area contributed by atoms with E-state index in [1.54, 1.807) is 0 Å². The Morgan fingerprint density at radius 3 is 2.50 bits per heavy atom. The van der Waals surface area contributed by atoms with Crippen LogP contribution in [0.3, 0.4) is 0 Å². The molecule has 1 atom stereocenters. The van der Waals surface area contributed by atoms with E-state index in [9.17, 15) is 4.79 Å². The van der Waals surface area contributed by atoms with E-state index in [2.05, 4.69) is 24.1 Å². The van der Waals surface area contributed by atoms with Crippen LogP contribution in [0, 0.1) is 0 Å². The van der Waals surface area contributed by atoms with Crippen molar-refractivity contribution >= 4 is 18.3 Å². The van der Waals surface area contributed by atoms with Crippen molar-refractivity contribution in [2.75, 3.05) is 26.2 Å². The number of ether oxygens (including phenoxy) is 1. The maximum Gasteiger partial charge on any atom is 0.251 e. The topological polar surface area (TPSA) is 41.6 Å². The maximum absolute atomic E-state index is 12.5. The molecule has 0 spiro atoms. The van der Waals surface area contributed by atoms with Gasteiger partial charge in [-0.2, -0.15) is 0 Å². The lowest BCUT2D eigenvalue weighted by molar-refractivity contribution is -0.145. The molecule has 1 heterocycles. The largest absolute Gasteiger partial charge is 0.369 e. The second-order valence-corrected chi connectivity index (χ2v) is 5.38. The van der Waals surface area contributed by atoms with E-state index in [-0.39, 0.29) is 24.4 Å². The monoisotopic (exact) mass is 306 g/mol. The van der Waals surface area contributed by atoms with Crippen molar-refractivity contribution < 1.29 is 9.53 Å². The third-order valence-electron chi connectivity index (χ3n) is 3.71. The summed E-state index contributed by atoms with van der Waals surface area (Å²) in [5, 5.41) is 3.35. The van der Waals surface area contributed by atoms with Crippen LogP contribution in [0.25, 0.3) is 0 Å². The van der Waals surface area contributed by atoms with Gasteiger partial charge < -0.3 is 15.0 Å². The Morgan fingerprint density at radius 2 is 1.95 bits per heavy atom. The van der Waals surface area contributed by atoms with E-state index in [0.29, 0.717) is 12.6 Å². The minimum absolute atomic E-state index is 0. The first kappa shape index (κ1) is 19.7. The Balaban J connectivity index is 0.00000361. The average molecular weight is 307 g/mol. The fourth-order valence-electron chi connectivity index (χ4n) is 2.54. The van der Waals surface area contributed by atoms with Crippen molar-refractivity contribution in [2.24, 2.45) is 0 Å². The van der Waals surface area contributed by atoms with Crippen molar-refractivity contribution in [2.45, 2.75) is 65.0 Å². The number of amides is 1. The molecule has 120 valence electrons. The van der Waals surface area contributed by atoms with Gasteiger partial charge in [-0.25, -0.2) is 0 Å². The number of halogens is 1. The first-order chi connectivity index (χ1) is 9.20. The van der Waals surface area contributed by atoms with Crippen LogP contribution in [0.4, 0.5) is 0 Å². The zero-order chi connectivity index (χ0) is 14.1. The molecule has 1 fully saturated rings. The minimum Gasteiger partial charge on any atom is -0.369 e. The van der Waals surface area contributed by atoms with Gasteiger partial charge >= 0.3 is 0 Å². The van der Waals surface area contributed by atoms with E-state index in [1.165, 1.54) is 0 Å². The van der Waals surface area contributed by atoms with E-state index in [1.807, 2.05) is 6.92 Å². The molecule has 1 aliphatic heterocycles. The number of carbonyl (C=O) groups excluding carboxylic acids is 1. The quantitative estimate of drug-likeness (QED) is 0.701. The van der Waals surface area contributed by atoms with E-state index >= 15 is 0 Å². The summed E-state index contributed by atoms with van der Waals surface area (Å²) in [6.07, 6.45) is 4.97. The first-order valence-corrected chi connectivity index (χ1v) is 7.83. The fourth-order valence-corrected chi connectivity index (χ4v) is 2.54. The van der Waals surface area contributed by atoms with Gasteiger partial charge in [0.15, 0.2) is 0 Å². The van der Waals surface area contributed by atoms with Gasteiger partial charge in [0, 0.05) is 19.2 Å². The molecule has 1 rings (SSSR count). The van der Waals surface area contributed by atoms with Crippen LogP contribution in [-0.4, -0.2) is 49.2 Å². The lowest BCUT2D eigenvalue weighted by Crippen LogP contribution is -2.49. The SMILES string of the molecule is CCCCOC(C)C(=O)N(CCC)C1CCNCC1.Cl. The molecule has 0 aliphatic carbocycles. The van der Waals surface area contributed by atoms with Gasteiger partial charge in [-0.05, 0) is 45.7 Å². The van der Waals surface area contributed by atoms with Crippen molar-refractivity contribution in [3.8, 4) is 0 Å². The summed E-state index contributed by atoms with van der Waals surface area (Å²) in [5.74, 6) is 0.171. The summed E-state index contributed by atoms with van der Waals surface area (Å²) in [6.45, 7) is 9.73. The molecule has 0 saturated carbocycles. The molecule has 0 bridgehead atoms. The standard InChI is InChI=1S/C15H30N2O2.ClH/c1-4-6-12-19-13(3)15(18)17(11-5-2)14-7-9-16-10-8-14;/h13-14,16H,4-12H2,1-3H3;1H. The third-order valence-corrected chi connectivity index (χ3v) is 3.71. The van der Waals surface area contributed by atoms with Crippen molar-refractivity contribution in [3.05, 3.63) is 0 Å². The molecule has 4 nitrogen and oxygen atoms in total. The van der Waals surface area contributed by atoms with Crippen molar-refractivity contribution in [3.63, 3.8) is 0 Å². The normalized spacial score (nSPS) is 17.4. The molecule has 1 unspecified atom stereocenters. The van der Waals surface area contributed by atoms with Gasteiger partial charge in [0.2, 0.25) is 0 Å². The molecule has 0 aromatic rings. The van der Waals surface area contributed by atoms with Crippen LogP contribution >= 0.6 is 12.4 Å². The van der Waals surface area contributed by atoms with Gasteiger partial charge in [0.05, 0.1) is 0 Å². The minimum atomic E-state index is -0.298. The Morgan fingerprint density at radius 1 is 1.30 bits per heavy atom. The van der Waals surface area contributed by atoms with Gasteiger partial charge in [0.1, 0.15) is 6.10 Å². The Kier molecular flexibility index (Phi) is 11.2.